The third-order valence-corrected chi connectivity index (χ3v) is 2.75. The van der Waals surface area contributed by atoms with Crippen molar-refractivity contribution in [2.75, 3.05) is 11.9 Å². The summed E-state index contributed by atoms with van der Waals surface area (Å²) in [5, 5.41) is 15.6. The monoisotopic (exact) mass is 276 g/mol. The lowest BCUT2D eigenvalue weighted by molar-refractivity contribution is -0.117. The van der Waals surface area contributed by atoms with Crippen LogP contribution < -0.4 is 10.6 Å². The highest BCUT2D eigenvalue weighted by Crippen LogP contribution is 2.16. The van der Waals surface area contributed by atoms with Crippen molar-refractivity contribution in [2.24, 2.45) is 0 Å². The molecule has 2 atom stereocenters. The van der Waals surface area contributed by atoms with Gasteiger partial charge in [-0.2, -0.15) is 0 Å². The fourth-order valence-electron chi connectivity index (χ4n) is 1.71. The van der Waals surface area contributed by atoms with Crippen LogP contribution >= 0.6 is 24.0 Å². The van der Waals surface area contributed by atoms with Gasteiger partial charge < -0.3 is 15.7 Å². The summed E-state index contributed by atoms with van der Waals surface area (Å²) in [4.78, 5) is 11.7. The van der Waals surface area contributed by atoms with Gasteiger partial charge in [0.2, 0.25) is 5.91 Å². The van der Waals surface area contributed by atoms with E-state index in [0.717, 1.165) is 0 Å². The van der Waals surface area contributed by atoms with Gasteiger partial charge in [-0.05, 0) is 24.6 Å². The van der Waals surface area contributed by atoms with Crippen LogP contribution in [0.1, 0.15) is 6.42 Å². The van der Waals surface area contributed by atoms with Crippen LogP contribution in [0.15, 0.2) is 24.3 Å². The van der Waals surface area contributed by atoms with Gasteiger partial charge in [0.05, 0.1) is 12.1 Å². The van der Waals surface area contributed by atoms with E-state index in [4.69, 9.17) is 11.6 Å². The van der Waals surface area contributed by atoms with Gasteiger partial charge in [-0.3, -0.25) is 4.79 Å². The van der Waals surface area contributed by atoms with Crippen molar-refractivity contribution in [1.82, 2.24) is 5.32 Å². The molecule has 1 saturated heterocycles. The Morgan fingerprint density at radius 3 is 2.88 bits per heavy atom. The van der Waals surface area contributed by atoms with Gasteiger partial charge in [0.15, 0.2) is 0 Å². The molecule has 17 heavy (non-hydrogen) atoms. The lowest BCUT2D eigenvalue weighted by atomic mass is 10.2. The van der Waals surface area contributed by atoms with Crippen molar-refractivity contribution in [3.63, 3.8) is 0 Å². The van der Waals surface area contributed by atoms with Crippen molar-refractivity contribution < 1.29 is 9.90 Å². The zero-order valence-electron chi connectivity index (χ0n) is 9.02. The third-order valence-electron chi connectivity index (χ3n) is 2.52. The fourth-order valence-corrected chi connectivity index (χ4v) is 1.90. The second-order valence-corrected chi connectivity index (χ2v) is 4.29. The molecule has 1 fully saturated rings. The summed E-state index contributed by atoms with van der Waals surface area (Å²) in [5.41, 5.74) is 0.667. The number of β-amino-alcohol motifs (C(OH)–C–C–N with tert-alkyl or cyclic N) is 1. The Hall–Kier alpha value is -0.810. The largest absolute Gasteiger partial charge is 0.392 e. The number of halogens is 2. The molecule has 0 bridgehead atoms. The molecular formula is C11H14Cl2N2O2. The highest BCUT2D eigenvalue weighted by molar-refractivity contribution is 6.30. The minimum atomic E-state index is -0.435. The molecule has 6 heteroatoms. The van der Waals surface area contributed by atoms with E-state index in [1.54, 1.807) is 24.3 Å². The van der Waals surface area contributed by atoms with Gasteiger partial charge in [-0.1, -0.05) is 17.7 Å². The number of hydrogen-bond acceptors (Lipinski definition) is 3. The number of anilines is 1. The van der Waals surface area contributed by atoms with E-state index in [1.807, 2.05) is 0 Å². The number of aliphatic hydroxyl groups is 1. The highest BCUT2D eigenvalue weighted by atomic mass is 35.5. The summed E-state index contributed by atoms with van der Waals surface area (Å²) in [5.74, 6) is -0.140. The molecule has 0 aliphatic carbocycles. The Kier molecular flexibility index (Phi) is 5.21. The van der Waals surface area contributed by atoms with Crippen LogP contribution in [0.2, 0.25) is 5.02 Å². The average Bonchev–Trinajstić information content (AvgIpc) is 2.65. The number of carbonyl (C=O) groups is 1. The van der Waals surface area contributed by atoms with E-state index in [1.165, 1.54) is 0 Å². The summed E-state index contributed by atoms with van der Waals surface area (Å²) in [6.07, 6.45) is 0.0157. The van der Waals surface area contributed by atoms with Gasteiger partial charge in [-0.15, -0.1) is 12.4 Å². The van der Waals surface area contributed by atoms with Gasteiger partial charge in [-0.25, -0.2) is 0 Å². The van der Waals surface area contributed by atoms with Gasteiger partial charge in [0, 0.05) is 17.3 Å². The van der Waals surface area contributed by atoms with Crippen molar-refractivity contribution in [2.45, 2.75) is 18.6 Å². The molecule has 1 amide bonds. The molecule has 2 unspecified atom stereocenters. The standard InChI is InChI=1S/C11H13ClN2O2.ClH/c12-7-2-1-3-8(4-7)14-11(16)10-5-9(15)6-13-10;/h1-4,9-10,13,15H,5-6H2,(H,14,16);1H. The van der Waals surface area contributed by atoms with Crippen LogP contribution in [0, 0.1) is 0 Å². The van der Waals surface area contributed by atoms with Gasteiger partial charge in [0.1, 0.15) is 0 Å². The zero-order valence-corrected chi connectivity index (χ0v) is 10.6. The summed E-state index contributed by atoms with van der Waals surface area (Å²) >= 11 is 5.80. The second kappa shape index (κ2) is 6.21. The smallest absolute Gasteiger partial charge is 0.241 e. The first-order chi connectivity index (χ1) is 7.65. The first-order valence-corrected chi connectivity index (χ1v) is 5.51. The molecule has 0 radical (unpaired) electrons. The summed E-state index contributed by atoms with van der Waals surface area (Å²) in [6.45, 7) is 0.466. The third kappa shape index (κ3) is 3.85. The van der Waals surface area contributed by atoms with E-state index >= 15 is 0 Å². The Morgan fingerprint density at radius 2 is 2.29 bits per heavy atom. The Bertz CT molecular complexity index is 401. The number of nitrogens with one attached hydrogen (secondary N) is 2. The predicted molar refractivity (Wildman–Crippen MR) is 69.7 cm³/mol. The maximum atomic E-state index is 11.7. The molecule has 2 rings (SSSR count). The molecule has 1 aromatic rings. The van der Waals surface area contributed by atoms with E-state index in [9.17, 15) is 9.90 Å². The number of amides is 1. The summed E-state index contributed by atoms with van der Waals surface area (Å²) < 4.78 is 0. The number of hydrogen-bond donors (Lipinski definition) is 3. The van der Waals surface area contributed by atoms with E-state index in [0.29, 0.717) is 23.7 Å². The fraction of sp³-hybridized carbons (Fsp3) is 0.364. The number of carbonyl (C=O) groups excluding carboxylic acids is 1. The van der Waals surface area contributed by atoms with Crippen LogP contribution in [-0.2, 0) is 4.79 Å². The number of aliphatic hydroxyl groups excluding tert-OH is 1. The first-order valence-electron chi connectivity index (χ1n) is 5.13. The Balaban J connectivity index is 0.00000144. The van der Waals surface area contributed by atoms with E-state index in [-0.39, 0.29) is 24.4 Å². The predicted octanol–water partition coefficient (Wildman–Crippen LogP) is 1.42. The average molecular weight is 277 g/mol. The molecule has 0 spiro atoms. The summed E-state index contributed by atoms with van der Waals surface area (Å²) in [6, 6.07) is 6.65. The Labute approximate surface area is 111 Å². The van der Waals surface area contributed by atoms with Crippen LogP contribution in [0.25, 0.3) is 0 Å². The zero-order chi connectivity index (χ0) is 11.5. The normalized spacial score (nSPS) is 22.9. The van der Waals surface area contributed by atoms with Crippen LogP contribution in [-0.4, -0.2) is 29.7 Å². The van der Waals surface area contributed by atoms with Crippen LogP contribution in [0.5, 0.6) is 0 Å². The van der Waals surface area contributed by atoms with Gasteiger partial charge in [0.25, 0.3) is 0 Å². The topological polar surface area (TPSA) is 61.4 Å². The minimum absolute atomic E-state index is 0. The molecule has 3 N–H and O–H groups in total. The van der Waals surface area contributed by atoms with Crippen LogP contribution in [0.4, 0.5) is 5.69 Å². The molecule has 1 aliphatic heterocycles. The number of rotatable bonds is 2. The molecule has 1 aromatic carbocycles. The van der Waals surface area contributed by atoms with Crippen molar-refractivity contribution in [3.05, 3.63) is 29.3 Å². The SMILES string of the molecule is Cl.O=C(Nc1cccc(Cl)c1)C1CC(O)CN1. The number of benzene rings is 1. The molecule has 1 heterocycles. The lowest BCUT2D eigenvalue weighted by Gasteiger charge is -2.10. The highest BCUT2D eigenvalue weighted by Gasteiger charge is 2.27. The first kappa shape index (κ1) is 14.3. The van der Waals surface area contributed by atoms with E-state index < -0.39 is 6.10 Å². The molecule has 0 aromatic heterocycles. The molecular weight excluding hydrogens is 263 g/mol. The molecule has 0 saturated carbocycles. The van der Waals surface area contributed by atoms with Crippen LogP contribution in [0.3, 0.4) is 0 Å². The van der Waals surface area contributed by atoms with Gasteiger partial charge >= 0.3 is 0 Å². The Morgan fingerprint density at radius 1 is 1.53 bits per heavy atom. The van der Waals surface area contributed by atoms with E-state index in [2.05, 4.69) is 10.6 Å². The maximum Gasteiger partial charge on any atom is 0.241 e. The summed E-state index contributed by atoms with van der Waals surface area (Å²) in [7, 11) is 0. The maximum absolute atomic E-state index is 11.7. The lowest BCUT2D eigenvalue weighted by Crippen LogP contribution is -2.35. The second-order valence-electron chi connectivity index (χ2n) is 3.85. The minimum Gasteiger partial charge on any atom is -0.392 e. The van der Waals surface area contributed by atoms with Crippen molar-refractivity contribution >= 4 is 35.6 Å². The molecule has 1 aliphatic rings. The van der Waals surface area contributed by atoms with Crippen molar-refractivity contribution in [1.29, 1.82) is 0 Å². The molecule has 94 valence electrons. The quantitative estimate of drug-likeness (QED) is 0.766. The molecule has 4 nitrogen and oxygen atoms in total. The van der Waals surface area contributed by atoms with Crippen molar-refractivity contribution in [3.8, 4) is 0 Å².